The van der Waals surface area contributed by atoms with E-state index < -0.39 is 12.2 Å². The monoisotopic (exact) mass is 249 g/mol. The Labute approximate surface area is 105 Å². The Bertz CT molecular complexity index is 456. The molecule has 0 aromatic carbocycles. The second-order valence-corrected chi connectivity index (χ2v) is 3.87. The maximum atomic E-state index is 10.6. The molecule has 0 aliphatic heterocycles. The van der Waals surface area contributed by atoms with Crippen LogP contribution in [0.2, 0.25) is 0 Å². The molecule has 1 rings (SSSR count). The summed E-state index contributed by atoms with van der Waals surface area (Å²) in [6.07, 6.45) is -0.484. The molecule has 0 aliphatic carbocycles. The maximum absolute atomic E-state index is 10.6. The number of aromatic nitrogens is 1. The Kier molecular flexibility index (Phi) is 5.24. The molecule has 18 heavy (non-hydrogen) atoms. The van der Waals surface area contributed by atoms with E-state index in [0.717, 1.165) is 0 Å². The number of carbonyl (C=O) groups is 1. The highest BCUT2D eigenvalue weighted by Crippen LogP contribution is 2.18. The van der Waals surface area contributed by atoms with Crippen molar-refractivity contribution >= 4 is 5.91 Å². The molecular weight excluding hydrogens is 234 g/mol. The van der Waals surface area contributed by atoms with E-state index in [0.29, 0.717) is 5.56 Å². The lowest BCUT2D eigenvalue weighted by atomic mass is 10.0. The lowest BCUT2D eigenvalue weighted by Gasteiger charge is -2.18. The minimum atomic E-state index is -1.10. The van der Waals surface area contributed by atoms with Crippen LogP contribution >= 0.6 is 0 Å². The summed E-state index contributed by atoms with van der Waals surface area (Å²) in [7, 11) is 0. The largest absolute Gasteiger partial charge is 0.390 e. The second-order valence-electron chi connectivity index (χ2n) is 3.87. The lowest BCUT2D eigenvalue weighted by Crippen LogP contribution is -2.27. The molecule has 0 fully saturated rings. The molecule has 1 amide bonds. The van der Waals surface area contributed by atoms with Crippen molar-refractivity contribution in [1.29, 1.82) is 5.26 Å². The number of hydrogen-bond donors (Lipinski definition) is 3. The standard InChI is InChI=1S/C12H15N3O3/c1-8(16)14-5-3-11(17)12(18)9-2-4-15-10(6-9)7-13/h2,4,6,11-12,17-18H,3,5H2,1H3,(H,14,16). The number of nitrogens with zero attached hydrogens (tertiary/aromatic N) is 2. The van der Waals surface area contributed by atoms with Gasteiger partial charge in [-0.25, -0.2) is 4.98 Å². The van der Waals surface area contributed by atoms with Crippen molar-refractivity contribution in [3.05, 3.63) is 29.6 Å². The summed E-state index contributed by atoms with van der Waals surface area (Å²) in [5.41, 5.74) is 0.609. The summed E-state index contributed by atoms with van der Waals surface area (Å²) in [4.78, 5) is 14.4. The number of carbonyl (C=O) groups excluding carboxylic acids is 1. The number of nitrogens with one attached hydrogen (secondary N) is 1. The molecular formula is C12H15N3O3. The van der Waals surface area contributed by atoms with Gasteiger partial charge in [0.15, 0.2) is 0 Å². The third-order valence-electron chi connectivity index (χ3n) is 2.42. The zero-order valence-corrected chi connectivity index (χ0v) is 10.00. The fourth-order valence-electron chi connectivity index (χ4n) is 1.47. The molecule has 3 N–H and O–H groups in total. The summed E-state index contributed by atoms with van der Waals surface area (Å²) in [6, 6.07) is 4.82. The quantitative estimate of drug-likeness (QED) is 0.674. The highest BCUT2D eigenvalue weighted by atomic mass is 16.3. The van der Waals surface area contributed by atoms with Crippen molar-refractivity contribution in [2.75, 3.05) is 6.54 Å². The van der Waals surface area contributed by atoms with Crippen LogP contribution in [0.3, 0.4) is 0 Å². The van der Waals surface area contributed by atoms with E-state index in [4.69, 9.17) is 5.26 Å². The van der Waals surface area contributed by atoms with Crippen LogP contribution in [0.15, 0.2) is 18.3 Å². The Morgan fingerprint density at radius 1 is 1.61 bits per heavy atom. The number of hydrogen-bond acceptors (Lipinski definition) is 5. The molecule has 0 spiro atoms. The first-order valence-corrected chi connectivity index (χ1v) is 5.51. The lowest BCUT2D eigenvalue weighted by molar-refractivity contribution is -0.119. The smallest absolute Gasteiger partial charge is 0.216 e. The van der Waals surface area contributed by atoms with E-state index in [9.17, 15) is 15.0 Å². The van der Waals surface area contributed by atoms with Crippen LogP contribution in [-0.2, 0) is 4.79 Å². The van der Waals surface area contributed by atoms with E-state index in [1.54, 1.807) is 0 Å². The average Bonchev–Trinajstić information content (AvgIpc) is 2.37. The first-order chi connectivity index (χ1) is 8.54. The minimum absolute atomic E-state index is 0.181. The molecule has 1 aromatic rings. The number of aliphatic hydroxyl groups is 2. The van der Waals surface area contributed by atoms with Gasteiger partial charge in [-0.3, -0.25) is 4.79 Å². The first-order valence-electron chi connectivity index (χ1n) is 5.51. The van der Waals surface area contributed by atoms with Crippen LogP contribution in [0.1, 0.15) is 30.7 Å². The number of amides is 1. The molecule has 96 valence electrons. The average molecular weight is 249 g/mol. The van der Waals surface area contributed by atoms with Crippen LogP contribution in [0, 0.1) is 11.3 Å². The van der Waals surface area contributed by atoms with Crippen LogP contribution in [-0.4, -0.2) is 33.8 Å². The van der Waals surface area contributed by atoms with Crippen LogP contribution in [0.5, 0.6) is 0 Å². The van der Waals surface area contributed by atoms with Crippen molar-refractivity contribution in [3.8, 4) is 6.07 Å². The molecule has 1 heterocycles. The van der Waals surface area contributed by atoms with Crippen molar-refractivity contribution < 1.29 is 15.0 Å². The Morgan fingerprint density at radius 3 is 2.94 bits per heavy atom. The second kappa shape index (κ2) is 6.69. The molecule has 6 nitrogen and oxygen atoms in total. The SMILES string of the molecule is CC(=O)NCCC(O)C(O)c1ccnc(C#N)c1. The highest BCUT2D eigenvalue weighted by molar-refractivity contribution is 5.72. The molecule has 2 atom stereocenters. The van der Waals surface area contributed by atoms with Gasteiger partial charge in [-0.05, 0) is 24.1 Å². The van der Waals surface area contributed by atoms with E-state index >= 15 is 0 Å². The maximum Gasteiger partial charge on any atom is 0.216 e. The Hall–Kier alpha value is -1.97. The normalized spacial score (nSPS) is 13.4. The van der Waals surface area contributed by atoms with Gasteiger partial charge in [0, 0.05) is 19.7 Å². The van der Waals surface area contributed by atoms with E-state index in [1.807, 2.05) is 6.07 Å². The van der Waals surface area contributed by atoms with Crippen LogP contribution in [0.4, 0.5) is 0 Å². The fourth-order valence-corrected chi connectivity index (χ4v) is 1.47. The number of rotatable bonds is 5. The van der Waals surface area contributed by atoms with Gasteiger partial charge in [-0.15, -0.1) is 0 Å². The van der Waals surface area contributed by atoms with Crippen molar-refractivity contribution in [2.24, 2.45) is 0 Å². The van der Waals surface area contributed by atoms with Crippen LogP contribution in [0.25, 0.3) is 0 Å². The molecule has 0 bridgehead atoms. The summed E-state index contributed by atoms with van der Waals surface area (Å²) < 4.78 is 0. The molecule has 0 radical (unpaired) electrons. The van der Waals surface area contributed by atoms with Gasteiger partial charge in [0.05, 0.1) is 6.10 Å². The predicted octanol–water partition coefficient (Wildman–Crippen LogP) is -0.126. The summed E-state index contributed by atoms with van der Waals surface area (Å²) >= 11 is 0. The fraction of sp³-hybridized carbons (Fsp3) is 0.417. The Morgan fingerprint density at radius 2 is 2.33 bits per heavy atom. The summed E-state index contributed by atoms with van der Waals surface area (Å²) in [5, 5.41) is 30.8. The third kappa shape index (κ3) is 4.13. The highest BCUT2D eigenvalue weighted by Gasteiger charge is 2.18. The first kappa shape index (κ1) is 14.1. The molecule has 1 aromatic heterocycles. The van der Waals surface area contributed by atoms with Crippen molar-refractivity contribution in [2.45, 2.75) is 25.6 Å². The molecule has 0 aliphatic rings. The molecule has 2 unspecified atom stereocenters. The van der Waals surface area contributed by atoms with Gasteiger partial charge in [-0.2, -0.15) is 5.26 Å². The molecule has 0 saturated heterocycles. The van der Waals surface area contributed by atoms with Crippen LogP contribution < -0.4 is 5.32 Å². The van der Waals surface area contributed by atoms with Gasteiger partial charge in [0.25, 0.3) is 0 Å². The van der Waals surface area contributed by atoms with Gasteiger partial charge in [0.1, 0.15) is 17.9 Å². The summed E-state index contributed by atoms with van der Waals surface area (Å²) in [6.45, 7) is 1.66. The van der Waals surface area contributed by atoms with Gasteiger partial charge < -0.3 is 15.5 Å². The molecule has 0 saturated carbocycles. The van der Waals surface area contributed by atoms with E-state index in [2.05, 4.69) is 10.3 Å². The van der Waals surface area contributed by atoms with E-state index in [-0.39, 0.29) is 24.6 Å². The Balaban J connectivity index is 2.59. The third-order valence-corrected chi connectivity index (χ3v) is 2.42. The van der Waals surface area contributed by atoms with E-state index in [1.165, 1.54) is 25.3 Å². The minimum Gasteiger partial charge on any atom is -0.390 e. The number of aliphatic hydroxyl groups excluding tert-OH is 2. The predicted molar refractivity (Wildman–Crippen MR) is 63.2 cm³/mol. The van der Waals surface area contributed by atoms with Crippen molar-refractivity contribution in [3.63, 3.8) is 0 Å². The summed E-state index contributed by atoms with van der Waals surface area (Å²) in [5.74, 6) is -0.188. The zero-order chi connectivity index (χ0) is 13.5. The van der Waals surface area contributed by atoms with Gasteiger partial charge in [0.2, 0.25) is 5.91 Å². The number of pyridine rings is 1. The molecule has 6 heteroatoms. The number of nitriles is 1. The van der Waals surface area contributed by atoms with Crippen molar-refractivity contribution in [1.82, 2.24) is 10.3 Å². The zero-order valence-electron chi connectivity index (χ0n) is 10.00. The van der Waals surface area contributed by atoms with Gasteiger partial charge in [-0.1, -0.05) is 0 Å². The topological polar surface area (TPSA) is 106 Å². The van der Waals surface area contributed by atoms with Gasteiger partial charge >= 0.3 is 0 Å².